The van der Waals surface area contributed by atoms with Crippen molar-refractivity contribution in [2.45, 2.75) is 46.0 Å². The van der Waals surface area contributed by atoms with E-state index in [0.717, 1.165) is 24.7 Å². The van der Waals surface area contributed by atoms with Gasteiger partial charge in [0.05, 0.1) is 0 Å². The monoisotopic (exact) mass is 297 g/mol. The van der Waals surface area contributed by atoms with Gasteiger partial charge in [0.1, 0.15) is 5.82 Å². The molecule has 1 nitrogen and oxygen atoms in total. The second kappa shape index (κ2) is 6.44. The molecule has 0 atom stereocenters. The number of hydrogen-bond acceptors (Lipinski definition) is 1. The number of nitrogens with two attached hydrogens (primary N) is 1. The van der Waals surface area contributed by atoms with Gasteiger partial charge in [-0.15, -0.1) is 0 Å². The van der Waals surface area contributed by atoms with Crippen LogP contribution in [0.2, 0.25) is 5.02 Å². The molecule has 1 aliphatic carbocycles. The molecule has 0 saturated heterocycles. The second-order valence-corrected chi connectivity index (χ2v) is 7.07. The molecule has 0 spiro atoms. The van der Waals surface area contributed by atoms with Crippen LogP contribution in [0.15, 0.2) is 18.2 Å². The molecule has 0 heterocycles. The minimum atomic E-state index is -0.198. The van der Waals surface area contributed by atoms with Gasteiger partial charge in [0.15, 0.2) is 0 Å². The minimum Gasteiger partial charge on any atom is -0.330 e. The van der Waals surface area contributed by atoms with E-state index in [2.05, 4.69) is 13.8 Å². The lowest BCUT2D eigenvalue weighted by atomic mass is 9.65. The van der Waals surface area contributed by atoms with Crippen LogP contribution in [0.25, 0.3) is 0 Å². The summed E-state index contributed by atoms with van der Waals surface area (Å²) in [4.78, 5) is 0. The zero-order valence-corrected chi connectivity index (χ0v) is 13.2. The van der Waals surface area contributed by atoms with Crippen molar-refractivity contribution in [3.05, 3.63) is 34.6 Å². The predicted molar refractivity (Wildman–Crippen MR) is 83.4 cm³/mol. The molecule has 0 aliphatic heterocycles. The van der Waals surface area contributed by atoms with E-state index in [0.29, 0.717) is 23.6 Å². The van der Waals surface area contributed by atoms with Gasteiger partial charge in [0.25, 0.3) is 0 Å². The summed E-state index contributed by atoms with van der Waals surface area (Å²) in [7, 11) is 0. The molecule has 1 aromatic rings. The average Bonchev–Trinajstić information content (AvgIpc) is 2.43. The Morgan fingerprint density at radius 2 is 2.00 bits per heavy atom. The van der Waals surface area contributed by atoms with Gasteiger partial charge in [-0.25, -0.2) is 4.39 Å². The largest absolute Gasteiger partial charge is 0.330 e. The molecular formula is C17H25ClFN. The van der Waals surface area contributed by atoms with Gasteiger partial charge in [0, 0.05) is 10.6 Å². The first kappa shape index (κ1) is 15.8. The molecule has 1 aromatic carbocycles. The summed E-state index contributed by atoms with van der Waals surface area (Å²) in [6.07, 6.45) is 5.22. The van der Waals surface area contributed by atoms with Crippen molar-refractivity contribution >= 4 is 11.6 Å². The molecule has 0 amide bonds. The van der Waals surface area contributed by atoms with Crippen molar-refractivity contribution in [2.24, 2.45) is 23.0 Å². The summed E-state index contributed by atoms with van der Waals surface area (Å²) in [6.45, 7) is 5.18. The van der Waals surface area contributed by atoms with Gasteiger partial charge in [-0.2, -0.15) is 0 Å². The van der Waals surface area contributed by atoms with E-state index >= 15 is 0 Å². The van der Waals surface area contributed by atoms with Crippen LogP contribution in [0.3, 0.4) is 0 Å². The van der Waals surface area contributed by atoms with Crippen LogP contribution in [-0.2, 0) is 6.42 Å². The van der Waals surface area contributed by atoms with E-state index in [1.165, 1.54) is 18.9 Å². The van der Waals surface area contributed by atoms with Crippen LogP contribution < -0.4 is 5.73 Å². The van der Waals surface area contributed by atoms with E-state index in [1.807, 2.05) is 0 Å². The smallest absolute Gasteiger partial charge is 0.127 e. The lowest BCUT2D eigenvalue weighted by molar-refractivity contribution is 0.131. The standard InChI is InChI=1S/C17H25ClFN/c1-12(2)13-6-8-17(11-20,9-7-13)10-14-15(18)4-3-5-16(14)19/h3-5,12-13H,6-11,20H2,1-2H3. The van der Waals surface area contributed by atoms with Gasteiger partial charge >= 0.3 is 0 Å². The Hall–Kier alpha value is -0.600. The zero-order chi connectivity index (χ0) is 14.8. The first-order valence-corrected chi connectivity index (χ1v) is 7.98. The van der Waals surface area contributed by atoms with E-state index in [1.54, 1.807) is 12.1 Å². The molecule has 112 valence electrons. The third-order valence-corrected chi connectivity index (χ3v) is 5.43. The Morgan fingerprint density at radius 1 is 1.35 bits per heavy atom. The van der Waals surface area contributed by atoms with E-state index < -0.39 is 0 Å². The molecule has 2 N–H and O–H groups in total. The third kappa shape index (κ3) is 3.35. The van der Waals surface area contributed by atoms with Gasteiger partial charge in [-0.05, 0) is 68.0 Å². The highest BCUT2D eigenvalue weighted by molar-refractivity contribution is 6.31. The molecule has 2 rings (SSSR count). The molecule has 1 aliphatic rings. The highest BCUT2D eigenvalue weighted by Crippen LogP contribution is 2.44. The van der Waals surface area contributed by atoms with Crippen molar-refractivity contribution in [1.29, 1.82) is 0 Å². The van der Waals surface area contributed by atoms with Crippen molar-refractivity contribution in [3.63, 3.8) is 0 Å². The Balaban J connectivity index is 2.14. The van der Waals surface area contributed by atoms with Gasteiger partial charge in [0.2, 0.25) is 0 Å². The number of rotatable bonds is 4. The summed E-state index contributed by atoms with van der Waals surface area (Å²) in [5.74, 6) is 1.31. The molecule has 0 aromatic heterocycles. The maximum absolute atomic E-state index is 14.0. The SMILES string of the molecule is CC(C)C1CCC(CN)(Cc2c(F)cccc2Cl)CC1. The van der Waals surface area contributed by atoms with Crippen molar-refractivity contribution in [3.8, 4) is 0 Å². The molecule has 20 heavy (non-hydrogen) atoms. The Morgan fingerprint density at radius 3 is 2.50 bits per heavy atom. The van der Waals surface area contributed by atoms with E-state index in [-0.39, 0.29) is 11.2 Å². The normalized spacial score (nSPS) is 27.0. The molecule has 0 radical (unpaired) electrons. The van der Waals surface area contributed by atoms with E-state index in [4.69, 9.17) is 17.3 Å². The van der Waals surface area contributed by atoms with Crippen molar-refractivity contribution in [1.82, 2.24) is 0 Å². The Bertz CT molecular complexity index is 430. The molecule has 3 heteroatoms. The van der Waals surface area contributed by atoms with Crippen LogP contribution in [-0.4, -0.2) is 6.54 Å². The Kier molecular flexibility index (Phi) is 5.09. The lowest BCUT2D eigenvalue weighted by Crippen LogP contribution is -2.38. The van der Waals surface area contributed by atoms with Crippen LogP contribution in [0.4, 0.5) is 4.39 Å². The lowest BCUT2D eigenvalue weighted by Gasteiger charge is -2.41. The van der Waals surface area contributed by atoms with Gasteiger partial charge < -0.3 is 5.73 Å². The summed E-state index contributed by atoms with van der Waals surface area (Å²) in [5, 5.41) is 0.531. The quantitative estimate of drug-likeness (QED) is 0.847. The maximum Gasteiger partial charge on any atom is 0.127 e. The molecule has 0 bridgehead atoms. The number of hydrogen-bond donors (Lipinski definition) is 1. The summed E-state index contributed by atoms with van der Waals surface area (Å²) in [6, 6.07) is 4.92. The first-order chi connectivity index (χ1) is 9.47. The zero-order valence-electron chi connectivity index (χ0n) is 12.5. The minimum absolute atomic E-state index is 0.0250. The molecular weight excluding hydrogens is 273 g/mol. The van der Waals surface area contributed by atoms with Crippen LogP contribution in [0.1, 0.15) is 45.1 Å². The van der Waals surface area contributed by atoms with Crippen molar-refractivity contribution in [2.75, 3.05) is 6.54 Å². The predicted octanol–water partition coefficient (Wildman–Crippen LogP) is 4.81. The maximum atomic E-state index is 14.0. The van der Waals surface area contributed by atoms with Gasteiger partial charge in [-0.3, -0.25) is 0 Å². The summed E-state index contributed by atoms with van der Waals surface area (Å²) >= 11 is 6.17. The number of halogens is 2. The van der Waals surface area contributed by atoms with Gasteiger partial charge in [-0.1, -0.05) is 31.5 Å². The molecule has 0 unspecified atom stereocenters. The average molecular weight is 298 g/mol. The van der Waals surface area contributed by atoms with E-state index in [9.17, 15) is 4.39 Å². The third-order valence-electron chi connectivity index (χ3n) is 5.08. The highest BCUT2D eigenvalue weighted by Gasteiger charge is 2.36. The first-order valence-electron chi connectivity index (χ1n) is 7.60. The summed E-state index contributed by atoms with van der Waals surface area (Å²) < 4.78 is 14.0. The Labute approximate surface area is 126 Å². The molecule has 1 saturated carbocycles. The van der Waals surface area contributed by atoms with Crippen LogP contribution >= 0.6 is 11.6 Å². The van der Waals surface area contributed by atoms with Crippen LogP contribution in [0, 0.1) is 23.1 Å². The number of benzene rings is 1. The fourth-order valence-corrected chi connectivity index (χ4v) is 3.68. The van der Waals surface area contributed by atoms with Crippen LogP contribution in [0.5, 0.6) is 0 Å². The topological polar surface area (TPSA) is 26.0 Å². The fraction of sp³-hybridized carbons (Fsp3) is 0.647. The van der Waals surface area contributed by atoms with Crippen molar-refractivity contribution < 1.29 is 4.39 Å². The molecule has 1 fully saturated rings. The summed E-state index contributed by atoms with van der Waals surface area (Å²) in [5.41, 5.74) is 6.71. The fourth-order valence-electron chi connectivity index (χ4n) is 3.45. The highest BCUT2D eigenvalue weighted by atomic mass is 35.5. The second-order valence-electron chi connectivity index (χ2n) is 6.66.